The first-order valence-corrected chi connectivity index (χ1v) is 7.36. The molecule has 6 heteroatoms. The van der Waals surface area contributed by atoms with Gasteiger partial charge in [0.2, 0.25) is 0 Å². The van der Waals surface area contributed by atoms with Crippen LogP contribution >= 0.6 is 0 Å². The topological polar surface area (TPSA) is 80.2 Å². The third-order valence-corrected chi connectivity index (χ3v) is 3.79. The monoisotopic (exact) mass is 287 g/mol. The fourth-order valence-corrected chi connectivity index (χ4v) is 2.46. The van der Waals surface area contributed by atoms with Crippen molar-refractivity contribution < 1.29 is 4.42 Å². The van der Waals surface area contributed by atoms with Crippen LogP contribution in [0.25, 0.3) is 0 Å². The number of nitrogens with two attached hydrogens (primary N) is 1. The Kier molecular flexibility index (Phi) is 3.79. The summed E-state index contributed by atoms with van der Waals surface area (Å²) in [4.78, 5) is 11.5. The highest BCUT2D eigenvalue weighted by molar-refractivity contribution is 5.59. The zero-order valence-corrected chi connectivity index (χ0v) is 12.5. The van der Waals surface area contributed by atoms with Gasteiger partial charge in [0, 0.05) is 18.0 Å². The first-order valence-electron chi connectivity index (χ1n) is 7.36. The molecule has 1 aliphatic carbocycles. The summed E-state index contributed by atoms with van der Waals surface area (Å²) in [6.45, 7) is 4.77. The number of nitrogens with zero attached hydrogens (tertiary/aromatic N) is 3. The second-order valence-corrected chi connectivity index (χ2v) is 5.37. The van der Waals surface area contributed by atoms with Gasteiger partial charge in [-0.3, -0.25) is 0 Å². The number of anilines is 2. The molecule has 6 nitrogen and oxygen atoms in total. The van der Waals surface area contributed by atoms with Crippen molar-refractivity contribution in [2.24, 2.45) is 5.84 Å². The maximum absolute atomic E-state index is 5.59. The minimum atomic E-state index is 0.527. The van der Waals surface area contributed by atoms with E-state index in [4.69, 9.17) is 15.2 Å². The Morgan fingerprint density at radius 2 is 2.24 bits per heavy atom. The number of nitrogens with one attached hydrogen (secondary N) is 1. The lowest BCUT2D eigenvalue weighted by Gasteiger charge is -2.25. The number of hydrazine groups is 1. The number of aryl methyl sites for hydroxylation is 1. The van der Waals surface area contributed by atoms with Crippen LogP contribution in [0.2, 0.25) is 0 Å². The van der Waals surface area contributed by atoms with Gasteiger partial charge in [-0.25, -0.2) is 15.8 Å². The van der Waals surface area contributed by atoms with E-state index < -0.39 is 0 Å². The second-order valence-electron chi connectivity index (χ2n) is 5.37. The van der Waals surface area contributed by atoms with Gasteiger partial charge in [0.25, 0.3) is 0 Å². The molecule has 0 aliphatic heterocycles. The number of hydrogen-bond donors (Lipinski definition) is 2. The van der Waals surface area contributed by atoms with Gasteiger partial charge >= 0.3 is 0 Å². The summed E-state index contributed by atoms with van der Waals surface area (Å²) in [6, 6.07) is 4.44. The Morgan fingerprint density at radius 1 is 1.43 bits per heavy atom. The van der Waals surface area contributed by atoms with E-state index in [1.54, 1.807) is 6.26 Å². The number of furan rings is 1. The maximum Gasteiger partial charge on any atom is 0.148 e. The van der Waals surface area contributed by atoms with Gasteiger partial charge in [-0.15, -0.1) is 0 Å². The van der Waals surface area contributed by atoms with E-state index in [0.29, 0.717) is 11.9 Å². The number of rotatable bonds is 6. The summed E-state index contributed by atoms with van der Waals surface area (Å²) in [6.07, 6.45) is 4.87. The molecule has 1 saturated carbocycles. The van der Waals surface area contributed by atoms with Gasteiger partial charge in [-0.05, 0) is 31.9 Å². The molecule has 0 atom stereocenters. The highest BCUT2D eigenvalue weighted by Crippen LogP contribution is 2.35. The highest BCUT2D eigenvalue weighted by Gasteiger charge is 2.32. The Balaban J connectivity index is 1.98. The summed E-state index contributed by atoms with van der Waals surface area (Å²) in [5.41, 5.74) is 3.66. The molecule has 0 saturated heterocycles. The zero-order chi connectivity index (χ0) is 14.8. The minimum absolute atomic E-state index is 0.527. The molecule has 0 unspecified atom stereocenters. The first kappa shape index (κ1) is 13.9. The van der Waals surface area contributed by atoms with Gasteiger partial charge in [0.15, 0.2) is 0 Å². The third-order valence-electron chi connectivity index (χ3n) is 3.79. The highest BCUT2D eigenvalue weighted by atomic mass is 16.3. The van der Waals surface area contributed by atoms with Crippen molar-refractivity contribution in [3.63, 3.8) is 0 Å². The largest absolute Gasteiger partial charge is 0.467 e. The summed E-state index contributed by atoms with van der Waals surface area (Å²) < 4.78 is 5.49. The molecule has 2 aromatic heterocycles. The lowest BCUT2D eigenvalue weighted by molar-refractivity contribution is 0.499. The second kappa shape index (κ2) is 5.73. The fraction of sp³-hybridized carbons (Fsp3) is 0.467. The SMILES string of the molecule is CCc1nc(NN)c(C)c(N(Cc2ccco2)C2CC2)n1. The van der Waals surface area contributed by atoms with Crippen LogP contribution < -0.4 is 16.2 Å². The van der Waals surface area contributed by atoms with Crippen molar-refractivity contribution in [3.05, 3.63) is 35.5 Å². The zero-order valence-electron chi connectivity index (χ0n) is 12.5. The average molecular weight is 287 g/mol. The quantitative estimate of drug-likeness (QED) is 0.627. The van der Waals surface area contributed by atoms with Crippen molar-refractivity contribution >= 4 is 11.6 Å². The van der Waals surface area contributed by atoms with Crippen LogP contribution in [-0.2, 0) is 13.0 Å². The predicted molar refractivity (Wildman–Crippen MR) is 81.9 cm³/mol. The molecule has 2 aromatic rings. The molecular weight excluding hydrogens is 266 g/mol. The van der Waals surface area contributed by atoms with Crippen LogP contribution in [0.5, 0.6) is 0 Å². The van der Waals surface area contributed by atoms with Gasteiger partial charge < -0.3 is 14.7 Å². The molecular formula is C15H21N5O. The van der Waals surface area contributed by atoms with E-state index >= 15 is 0 Å². The van der Waals surface area contributed by atoms with E-state index in [2.05, 4.69) is 15.3 Å². The molecule has 0 spiro atoms. The van der Waals surface area contributed by atoms with E-state index in [0.717, 1.165) is 35.9 Å². The molecule has 0 aromatic carbocycles. The summed E-state index contributed by atoms with van der Waals surface area (Å²) in [7, 11) is 0. The van der Waals surface area contributed by atoms with Crippen LogP contribution in [0.15, 0.2) is 22.8 Å². The molecule has 3 N–H and O–H groups in total. The molecule has 2 heterocycles. The lowest BCUT2D eigenvalue weighted by atomic mass is 10.2. The molecule has 21 heavy (non-hydrogen) atoms. The van der Waals surface area contributed by atoms with E-state index in [9.17, 15) is 0 Å². The van der Waals surface area contributed by atoms with Crippen LogP contribution in [0.1, 0.15) is 36.9 Å². The third kappa shape index (κ3) is 2.85. The van der Waals surface area contributed by atoms with Crippen molar-refractivity contribution in [3.8, 4) is 0 Å². The molecule has 112 valence electrons. The Morgan fingerprint density at radius 3 is 2.81 bits per heavy atom. The van der Waals surface area contributed by atoms with Crippen molar-refractivity contribution in [1.82, 2.24) is 9.97 Å². The predicted octanol–water partition coefficient (Wildman–Crippen LogP) is 2.40. The number of nitrogen functional groups attached to an aromatic ring is 1. The lowest BCUT2D eigenvalue weighted by Crippen LogP contribution is -2.28. The van der Waals surface area contributed by atoms with Crippen molar-refractivity contribution in [1.29, 1.82) is 0 Å². The Hall–Kier alpha value is -2.08. The maximum atomic E-state index is 5.59. The standard InChI is InChI=1S/C15H21N5O/c1-3-13-17-14(19-16)10(2)15(18-13)20(11-6-7-11)9-12-5-4-8-21-12/h4-5,8,11H,3,6-7,9,16H2,1-2H3,(H,17,18,19). The van der Waals surface area contributed by atoms with Gasteiger partial charge in [0.05, 0.1) is 12.8 Å². The Bertz CT molecular complexity index is 607. The average Bonchev–Trinajstić information content (AvgIpc) is 3.22. The van der Waals surface area contributed by atoms with Crippen LogP contribution in [0.4, 0.5) is 11.6 Å². The Labute approximate surface area is 124 Å². The van der Waals surface area contributed by atoms with E-state index in [1.807, 2.05) is 26.0 Å². The molecule has 0 radical (unpaired) electrons. The number of hydrogen-bond acceptors (Lipinski definition) is 6. The van der Waals surface area contributed by atoms with Crippen LogP contribution in [0.3, 0.4) is 0 Å². The van der Waals surface area contributed by atoms with E-state index in [1.165, 1.54) is 12.8 Å². The summed E-state index contributed by atoms with van der Waals surface area (Å²) >= 11 is 0. The smallest absolute Gasteiger partial charge is 0.148 e. The fourth-order valence-electron chi connectivity index (χ4n) is 2.46. The van der Waals surface area contributed by atoms with Crippen molar-refractivity contribution in [2.45, 2.75) is 45.7 Å². The van der Waals surface area contributed by atoms with E-state index in [-0.39, 0.29) is 0 Å². The molecule has 1 fully saturated rings. The van der Waals surface area contributed by atoms with Crippen LogP contribution in [-0.4, -0.2) is 16.0 Å². The molecule has 3 rings (SSSR count). The van der Waals surface area contributed by atoms with Gasteiger partial charge in [-0.2, -0.15) is 0 Å². The van der Waals surface area contributed by atoms with Crippen molar-refractivity contribution in [2.75, 3.05) is 10.3 Å². The summed E-state index contributed by atoms with van der Waals surface area (Å²) in [5, 5.41) is 0. The molecule has 1 aliphatic rings. The van der Waals surface area contributed by atoms with Gasteiger partial charge in [0.1, 0.15) is 23.2 Å². The summed E-state index contributed by atoms with van der Waals surface area (Å²) in [5.74, 6) is 8.99. The number of aromatic nitrogens is 2. The first-order chi connectivity index (χ1) is 10.2. The van der Waals surface area contributed by atoms with Gasteiger partial charge in [-0.1, -0.05) is 6.92 Å². The van der Waals surface area contributed by atoms with Crippen LogP contribution in [0, 0.1) is 6.92 Å². The minimum Gasteiger partial charge on any atom is -0.467 e. The molecule has 0 bridgehead atoms. The normalized spacial score (nSPS) is 14.2. The molecule has 0 amide bonds.